The SMILES string of the molecule is CC(=O)OCC12CC1C(OC(C)=O)CC1(C)C3=CCC(C)(C(O)CO)CC3C(OC(C)=O)CC12. The third kappa shape index (κ3) is 4.06. The van der Waals surface area contributed by atoms with Crippen LogP contribution < -0.4 is 0 Å². The maximum atomic E-state index is 12.1. The summed E-state index contributed by atoms with van der Waals surface area (Å²) in [6.45, 7) is 8.33. The molecule has 4 rings (SSSR count). The van der Waals surface area contributed by atoms with Gasteiger partial charge < -0.3 is 24.4 Å². The van der Waals surface area contributed by atoms with E-state index in [2.05, 4.69) is 13.0 Å². The summed E-state index contributed by atoms with van der Waals surface area (Å²) in [5.41, 5.74) is -0.0252. The Balaban J connectivity index is 1.76. The first-order valence-corrected chi connectivity index (χ1v) is 12.3. The van der Waals surface area contributed by atoms with Crippen LogP contribution in [0, 0.1) is 34.0 Å². The second kappa shape index (κ2) is 8.63. The third-order valence-corrected chi connectivity index (χ3v) is 9.32. The van der Waals surface area contributed by atoms with Crippen molar-refractivity contribution in [2.24, 2.45) is 34.0 Å². The van der Waals surface area contributed by atoms with E-state index in [1.165, 1.54) is 26.3 Å². The van der Waals surface area contributed by atoms with Gasteiger partial charge in [-0.05, 0) is 48.9 Å². The number of ether oxygens (including phenoxy) is 3. The zero-order chi connectivity index (χ0) is 25.1. The molecule has 0 aromatic heterocycles. The average Bonchev–Trinajstić information content (AvgIpc) is 3.48. The van der Waals surface area contributed by atoms with Crippen molar-refractivity contribution < 1.29 is 38.8 Å². The molecule has 190 valence electrons. The van der Waals surface area contributed by atoms with E-state index >= 15 is 0 Å². The van der Waals surface area contributed by atoms with Crippen LogP contribution in [-0.4, -0.2) is 59.6 Å². The van der Waals surface area contributed by atoms with E-state index in [4.69, 9.17) is 14.2 Å². The zero-order valence-electron chi connectivity index (χ0n) is 20.8. The molecule has 8 nitrogen and oxygen atoms in total. The topological polar surface area (TPSA) is 119 Å². The number of esters is 3. The summed E-state index contributed by atoms with van der Waals surface area (Å²) in [5.74, 6) is -0.917. The molecular formula is C26H38O8. The number of aliphatic hydroxyl groups is 2. The van der Waals surface area contributed by atoms with E-state index in [0.717, 1.165) is 6.42 Å². The maximum absolute atomic E-state index is 12.1. The minimum Gasteiger partial charge on any atom is -0.465 e. The Bertz CT molecular complexity index is 897. The molecule has 4 aliphatic carbocycles. The maximum Gasteiger partial charge on any atom is 0.302 e. The number of hydrogen-bond donors (Lipinski definition) is 2. The molecule has 0 radical (unpaired) electrons. The molecule has 4 aliphatic rings. The van der Waals surface area contributed by atoms with E-state index in [1.807, 2.05) is 6.92 Å². The predicted octanol–water partition coefficient (Wildman–Crippen LogP) is 2.55. The molecule has 0 amide bonds. The van der Waals surface area contributed by atoms with Crippen molar-refractivity contribution in [3.63, 3.8) is 0 Å². The molecular weight excluding hydrogens is 440 g/mol. The van der Waals surface area contributed by atoms with Crippen molar-refractivity contribution in [2.75, 3.05) is 13.2 Å². The monoisotopic (exact) mass is 478 g/mol. The van der Waals surface area contributed by atoms with Gasteiger partial charge in [-0.25, -0.2) is 0 Å². The lowest BCUT2D eigenvalue weighted by Crippen LogP contribution is -2.57. The second-order valence-electron chi connectivity index (χ2n) is 11.6. The van der Waals surface area contributed by atoms with Crippen molar-refractivity contribution in [2.45, 2.75) is 85.0 Å². The van der Waals surface area contributed by atoms with Crippen molar-refractivity contribution >= 4 is 17.9 Å². The number of allylic oxidation sites excluding steroid dienone is 1. The van der Waals surface area contributed by atoms with Gasteiger partial charge in [-0.1, -0.05) is 25.5 Å². The minimum atomic E-state index is -0.878. The highest BCUT2D eigenvalue weighted by Crippen LogP contribution is 2.74. The van der Waals surface area contributed by atoms with Gasteiger partial charge in [0.15, 0.2) is 0 Å². The Kier molecular flexibility index (Phi) is 6.39. The fraction of sp³-hybridized carbons (Fsp3) is 0.808. The Hall–Kier alpha value is -1.93. The Labute approximate surface area is 201 Å². The molecule has 0 bridgehead atoms. The summed E-state index contributed by atoms with van der Waals surface area (Å²) in [6.07, 6.45) is 3.90. The van der Waals surface area contributed by atoms with Crippen LogP contribution in [0.25, 0.3) is 0 Å². The summed E-state index contributed by atoms with van der Waals surface area (Å²) in [7, 11) is 0. The first kappa shape index (κ1) is 25.2. The molecule has 9 unspecified atom stereocenters. The van der Waals surface area contributed by atoms with E-state index in [9.17, 15) is 24.6 Å². The van der Waals surface area contributed by atoms with Gasteiger partial charge in [-0.15, -0.1) is 0 Å². The van der Waals surface area contributed by atoms with Crippen molar-refractivity contribution in [3.05, 3.63) is 11.6 Å². The predicted molar refractivity (Wildman–Crippen MR) is 121 cm³/mol. The highest BCUT2D eigenvalue weighted by molar-refractivity contribution is 5.67. The van der Waals surface area contributed by atoms with Gasteiger partial charge >= 0.3 is 17.9 Å². The summed E-state index contributed by atoms with van der Waals surface area (Å²) in [5, 5.41) is 20.2. The van der Waals surface area contributed by atoms with E-state index in [-0.39, 0.29) is 71.9 Å². The molecule has 0 aromatic carbocycles. The Morgan fingerprint density at radius 1 is 1.03 bits per heavy atom. The molecule has 0 saturated heterocycles. The third-order valence-electron chi connectivity index (χ3n) is 9.32. The van der Waals surface area contributed by atoms with Gasteiger partial charge in [0, 0.05) is 38.0 Å². The minimum absolute atomic E-state index is 0.0927. The Morgan fingerprint density at radius 3 is 2.26 bits per heavy atom. The smallest absolute Gasteiger partial charge is 0.302 e. The average molecular weight is 479 g/mol. The molecule has 0 aromatic rings. The van der Waals surface area contributed by atoms with Crippen LogP contribution in [0.2, 0.25) is 0 Å². The van der Waals surface area contributed by atoms with Gasteiger partial charge in [-0.2, -0.15) is 0 Å². The van der Waals surface area contributed by atoms with Crippen LogP contribution in [0.3, 0.4) is 0 Å². The number of aliphatic hydroxyl groups excluding tert-OH is 2. The van der Waals surface area contributed by atoms with Crippen LogP contribution in [0.15, 0.2) is 11.6 Å². The summed E-state index contributed by atoms with van der Waals surface area (Å²) in [4.78, 5) is 35.7. The van der Waals surface area contributed by atoms with Gasteiger partial charge in [0.25, 0.3) is 0 Å². The normalized spacial score (nSPS) is 43.3. The van der Waals surface area contributed by atoms with E-state index < -0.39 is 11.5 Å². The molecule has 3 fully saturated rings. The van der Waals surface area contributed by atoms with Gasteiger partial charge in [0.2, 0.25) is 0 Å². The standard InChI is InChI=1S/C26H38O8/c1-14(28)32-13-26-10-19(26)21(34-16(3)30)11-25(5)18-6-7-24(4,23(31)12-27)9-17(18)20(8-22(25)26)33-15(2)29/h6,17,19-23,27,31H,7-13H2,1-5H3. The lowest BCUT2D eigenvalue weighted by Gasteiger charge is -2.59. The van der Waals surface area contributed by atoms with E-state index in [0.29, 0.717) is 25.7 Å². The summed E-state index contributed by atoms with van der Waals surface area (Å²) < 4.78 is 17.2. The lowest BCUT2D eigenvalue weighted by atomic mass is 9.48. The van der Waals surface area contributed by atoms with Crippen LogP contribution in [0.4, 0.5) is 0 Å². The molecule has 0 spiro atoms. The number of fused-ring (bicyclic) bond motifs is 5. The van der Waals surface area contributed by atoms with Crippen LogP contribution in [-0.2, 0) is 28.6 Å². The van der Waals surface area contributed by atoms with Crippen molar-refractivity contribution in [1.82, 2.24) is 0 Å². The molecule has 9 atom stereocenters. The highest BCUT2D eigenvalue weighted by Gasteiger charge is 2.73. The second-order valence-corrected chi connectivity index (χ2v) is 11.6. The number of hydrogen-bond acceptors (Lipinski definition) is 8. The van der Waals surface area contributed by atoms with Gasteiger partial charge in [-0.3, -0.25) is 14.4 Å². The molecule has 3 saturated carbocycles. The fourth-order valence-electron chi connectivity index (χ4n) is 7.65. The number of carbonyl (C=O) groups is 3. The van der Waals surface area contributed by atoms with Gasteiger partial charge in [0.1, 0.15) is 12.2 Å². The quantitative estimate of drug-likeness (QED) is 0.340. The highest BCUT2D eigenvalue weighted by atomic mass is 16.6. The van der Waals surface area contributed by atoms with Crippen LogP contribution in [0.5, 0.6) is 0 Å². The number of carbonyl (C=O) groups excluding carboxylic acids is 3. The molecule has 2 N–H and O–H groups in total. The molecule has 0 heterocycles. The first-order valence-electron chi connectivity index (χ1n) is 12.3. The molecule has 8 heteroatoms. The molecule has 0 aliphatic heterocycles. The fourth-order valence-corrected chi connectivity index (χ4v) is 7.65. The van der Waals surface area contributed by atoms with Crippen LogP contribution in [0.1, 0.15) is 66.7 Å². The van der Waals surface area contributed by atoms with Gasteiger partial charge in [0.05, 0.1) is 19.3 Å². The molecule has 34 heavy (non-hydrogen) atoms. The van der Waals surface area contributed by atoms with Crippen molar-refractivity contribution in [1.29, 1.82) is 0 Å². The summed E-state index contributed by atoms with van der Waals surface area (Å²) >= 11 is 0. The Morgan fingerprint density at radius 2 is 1.68 bits per heavy atom. The zero-order valence-corrected chi connectivity index (χ0v) is 20.8. The number of rotatable bonds is 6. The van der Waals surface area contributed by atoms with Crippen LogP contribution >= 0.6 is 0 Å². The van der Waals surface area contributed by atoms with E-state index in [1.54, 1.807) is 0 Å². The first-order chi connectivity index (χ1) is 15.9. The van der Waals surface area contributed by atoms with Crippen molar-refractivity contribution in [3.8, 4) is 0 Å². The summed E-state index contributed by atoms with van der Waals surface area (Å²) in [6, 6.07) is 0. The largest absolute Gasteiger partial charge is 0.465 e. The lowest BCUT2D eigenvalue weighted by molar-refractivity contribution is -0.171.